The van der Waals surface area contributed by atoms with E-state index in [4.69, 9.17) is 4.42 Å². The molecular formula is C68H44N2O. The maximum Gasteiger partial charge on any atom is 0.143 e. The molecule has 3 nitrogen and oxygen atoms in total. The zero-order valence-corrected chi connectivity index (χ0v) is 38.7. The van der Waals surface area contributed by atoms with E-state index in [9.17, 15) is 0 Å². The van der Waals surface area contributed by atoms with Gasteiger partial charge in [-0.1, -0.05) is 200 Å². The van der Waals surface area contributed by atoms with Gasteiger partial charge in [0.2, 0.25) is 0 Å². The summed E-state index contributed by atoms with van der Waals surface area (Å²) in [6.07, 6.45) is 0. The number of aromatic nitrogens is 1. The van der Waals surface area contributed by atoms with E-state index in [2.05, 4.69) is 264 Å². The van der Waals surface area contributed by atoms with Crippen molar-refractivity contribution in [2.75, 3.05) is 4.90 Å². The predicted octanol–water partition coefficient (Wildman–Crippen LogP) is 19.1. The van der Waals surface area contributed by atoms with Gasteiger partial charge in [0.05, 0.1) is 16.7 Å². The molecule has 71 heavy (non-hydrogen) atoms. The average molecular weight is 905 g/mol. The minimum absolute atomic E-state index is 0.899. The summed E-state index contributed by atoms with van der Waals surface area (Å²) in [5, 5.41) is 9.78. The fourth-order valence-electron chi connectivity index (χ4n) is 11.1. The van der Waals surface area contributed by atoms with Crippen LogP contribution < -0.4 is 4.90 Å². The Labute approximate surface area is 411 Å². The number of hydrogen-bond donors (Lipinski definition) is 0. The Balaban J connectivity index is 0.875. The lowest BCUT2D eigenvalue weighted by atomic mass is 9.93. The number of anilines is 3. The molecule has 0 aliphatic heterocycles. The van der Waals surface area contributed by atoms with Gasteiger partial charge in [-0.2, -0.15) is 0 Å². The first kappa shape index (κ1) is 40.6. The number of benzene rings is 12. The van der Waals surface area contributed by atoms with Gasteiger partial charge in [-0.3, -0.25) is 0 Å². The zero-order chi connectivity index (χ0) is 46.8. The predicted molar refractivity (Wildman–Crippen MR) is 299 cm³/mol. The van der Waals surface area contributed by atoms with Crippen LogP contribution in [0.15, 0.2) is 271 Å². The van der Waals surface area contributed by atoms with Crippen LogP contribution in [-0.4, -0.2) is 4.57 Å². The van der Waals surface area contributed by atoms with Crippen molar-refractivity contribution in [3.05, 3.63) is 267 Å². The Morgan fingerprint density at radius 3 is 1.39 bits per heavy atom. The van der Waals surface area contributed by atoms with Crippen LogP contribution in [0.25, 0.3) is 115 Å². The van der Waals surface area contributed by atoms with Crippen molar-refractivity contribution in [2.45, 2.75) is 0 Å². The highest BCUT2D eigenvalue weighted by Gasteiger charge is 2.20. The third-order valence-electron chi connectivity index (χ3n) is 14.4. The standard InChI is InChI=1S/C68H44N2O/c1-2-18-53-48(16-1)44-63(57-21-6-5-19-55(53)57)47-36-42-51(43-37-47)69(50-40-34-46(35-41-50)54-26-15-27-62-61-25-10-14-31-67(61)71-68(54)62)49-38-32-45(33-39-49)52-17-3-4-20-56(52)58-22-7-11-28-64(58)70-65-29-12-8-23-59(65)60-24-9-13-30-66(60)70/h1-44H. The van der Waals surface area contributed by atoms with Crippen molar-refractivity contribution in [3.63, 3.8) is 0 Å². The molecule has 0 bridgehead atoms. The molecule has 12 aromatic carbocycles. The summed E-state index contributed by atoms with van der Waals surface area (Å²) in [5.41, 5.74) is 17.8. The van der Waals surface area contributed by atoms with Gasteiger partial charge in [-0.05, 0) is 122 Å². The highest BCUT2D eigenvalue weighted by Crippen LogP contribution is 2.44. The second kappa shape index (κ2) is 16.7. The summed E-state index contributed by atoms with van der Waals surface area (Å²) < 4.78 is 8.91. The molecule has 14 rings (SSSR count). The van der Waals surface area contributed by atoms with E-state index in [0.717, 1.165) is 61.4 Å². The molecule has 0 aliphatic carbocycles. The van der Waals surface area contributed by atoms with E-state index in [0.29, 0.717) is 0 Å². The smallest absolute Gasteiger partial charge is 0.143 e. The molecule has 332 valence electrons. The molecule has 0 amide bonds. The summed E-state index contributed by atoms with van der Waals surface area (Å²) in [7, 11) is 0. The molecule has 0 unspecified atom stereocenters. The van der Waals surface area contributed by atoms with Crippen molar-refractivity contribution >= 4 is 82.4 Å². The molecule has 0 spiro atoms. The zero-order valence-electron chi connectivity index (χ0n) is 38.7. The van der Waals surface area contributed by atoms with Gasteiger partial charge < -0.3 is 13.9 Å². The Hall–Kier alpha value is -9.44. The molecule has 3 heteroatoms. The van der Waals surface area contributed by atoms with Crippen LogP contribution in [0.3, 0.4) is 0 Å². The fourth-order valence-corrected chi connectivity index (χ4v) is 11.1. The second-order valence-corrected chi connectivity index (χ2v) is 18.4. The first-order chi connectivity index (χ1) is 35.2. The molecule has 14 aromatic rings. The minimum Gasteiger partial charge on any atom is -0.455 e. The van der Waals surface area contributed by atoms with Crippen LogP contribution >= 0.6 is 0 Å². The highest BCUT2D eigenvalue weighted by molar-refractivity contribution is 6.14. The molecule has 0 fully saturated rings. The van der Waals surface area contributed by atoms with Crippen molar-refractivity contribution in [2.24, 2.45) is 0 Å². The Morgan fingerprint density at radius 1 is 0.282 bits per heavy atom. The largest absolute Gasteiger partial charge is 0.455 e. The first-order valence-electron chi connectivity index (χ1n) is 24.3. The van der Waals surface area contributed by atoms with Crippen LogP contribution in [0.5, 0.6) is 0 Å². The summed E-state index contributed by atoms with van der Waals surface area (Å²) in [5.74, 6) is 0. The van der Waals surface area contributed by atoms with Gasteiger partial charge in [-0.25, -0.2) is 0 Å². The van der Waals surface area contributed by atoms with Gasteiger partial charge >= 0.3 is 0 Å². The minimum atomic E-state index is 0.899. The van der Waals surface area contributed by atoms with Crippen LogP contribution in [0.4, 0.5) is 17.1 Å². The molecule has 0 atom stereocenters. The Kier molecular flexibility index (Phi) is 9.53. The lowest BCUT2D eigenvalue weighted by Gasteiger charge is -2.26. The lowest BCUT2D eigenvalue weighted by Crippen LogP contribution is -2.09. The molecule has 0 saturated heterocycles. The molecule has 0 aliphatic rings. The SMILES string of the molecule is c1ccc(-c2ccccc2-n2c3ccccc3c3ccccc32)c(-c2ccc(N(c3ccc(-c4cc5ccccc5c5ccccc45)cc3)c3ccc(-c4cccc5c4oc4ccccc45)cc3)cc2)c1. The molecule has 0 saturated carbocycles. The van der Waals surface area contributed by atoms with Crippen molar-refractivity contribution in [1.29, 1.82) is 0 Å². The van der Waals surface area contributed by atoms with E-state index < -0.39 is 0 Å². The molecule has 2 aromatic heterocycles. The quantitative estimate of drug-likeness (QED) is 0.142. The summed E-state index contributed by atoms with van der Waals surface area (Å²) >= 11 is 0. The summed E-state index contributed by atoms with van der Waals surface area (Å²) in [6.45, 7) is 0. The van der Waals surface area contributed by atoms with Gasteiger partial charge in [-0.15, -0.1) is 0 Å². The third kappa shape index (κ3) is 6.74. The number of fused-ring (bicyclic) bond motifs is 9. The van der Waals surface area contributed by atoms with Gasteiger partial charge in [0, 0.05) is 49.7 Å². The topological polar surface area (TPSA) is 21.3 Å². The maximum atomic E-state index is 6.48. The number of hydrogen-bond acceptors (Lipinski definition) is 2. The van der Waals surface area contributed by atoms with E-state index in [-0.39, 0.29) is 0 Å². The van der Waals surface area contributed by atoms with Crippen LogP contribution in [-0.2, 0) is 0 Å². The average Bonchev–Trinajstić information content (AvgIpc) is 4.00. The van der Waals surface area contributed by atoms with E-state index in [1.807, 2.05) is 12.1 Å². The van der Waals surface area contributed by atoms with Crippen molar-refractivity contribution in [1.82, 2.24) is 4.57 Å². The van der Waals surface area contributed by atoms with Gasteiger partial charge in [0.15, 0.2) is 0 Å². The Morgan fingerprint density at radius 2 is 0.732 bits per heavy atom. The maximum absolute atomic E-state index is 6.48. The molecular weight excluding hydrogens is 861 g/mol. The fraction of sp³-hybridized carbons (Fsp3) is 0. The number of rotatable bonds is 8. The second-order valence-electron chi connectivity index (χ2n) is 18.4. The first-order valence-corrected chi connectivity index (χ1v) is 24.3. The number of furan rings is 1. The van der Waals surface area contributed by atoms with Gasteiger partial charge in [0.25, 0.3) is 0 Å². The van der Waals surface area contributed by atoms with Crippen LogP contribution in [0.2, 0.25) is 0 Å². The monoisotopic (exact) mass is 904 g/mol. The summed E-state index contributed by atoms with van der Waals surface area (Å²) in [4.78, 5) is 2.36. The molecule has 0 N–H and O–H groups in total. The van der Waals surface area contributed by atoms with Crippen molar-refractivity contribution < 1.29 is 4.42 Å². The van der Waals surface area contributed by atoms with E-state index in [1.54, 1.807) is 0 Å². The lowest BCUT2D eigenvalue weighted by molar-refractivity contribution is 0.670. The van der Waals surface area contributed by atoms with Gasteiger partial charge in [0.1, 0.15) is 11.2 Å². The van der Waals surface area contributed by atoms with Crippen LogP contribution in [0, 0.1) is 0 Å². The van der Waals surface area contributed by atoms with E-state index in [1.165, 1.54) is 71.2 Å². The number of para-hydroxylation sites is 5. The molecule has 0 radical (unpaired) electrons. The Bertz CT molecular complexity index is 4280. The number of nitrogens with zero attached hydrogens (tertiary/aromatic N) is 2. The summed E-state index contributed by atoms with van der Waals surface area (Å²) in [6, 6.07) is 96.6. The highest BCUT2D eigenvalue weighted by atomic mass is 16.3. The molecule has 2 heterocycles. The van der Waals surface area contributed by atoms with E-state index >= 15 is 0 Å². The van der Waals surface area contributed by atoms with Crippen LogP contribution in [0.1, 0.15) is 0 Å². The normalized spacial score (nSPS) is 11.7. The van der Waals surface area contributed by atoms with Crippen molar-refractivity contribution in [3.8, 4) is 50.2 Å². The third-order valence-corrected chi connectivity index (χ3v) is 14.4.